The van der Waals surface area contributed by atoms with E-state index in [9.17, 15) is 19.2 Å². The largest absolute Gasteiger partial charge is 0.463 e. The number of rotatable bonds is 12. The van der Waals surface area contributed by atoms with Crippen molar-refractivity contribution in [3.63, 3.8) is 0 Å². The molecular weight excluding hydrogens is 544 g/mol. The molecule has 1 aliphatic heterocycles. The average Bonchev–Trinajstić information content (AvgIpc) is 3.30. The Labute approximate surface area is 244 Å². The van der Waals surface area contributed by atoms with E-state index in [0.717, 1.165) is 22.3 Å². The summed E-state index contributed by atoms with van der Waals surface area (Å²) in [6.45, 7) is 5.68. The summed E-state index contributed by atoms with van der Waals surface area (Å²) in [5.74, 6) is -1.76. The van der Waals surface area contributed by atoms with Crippen molar-refractivity contribution in [3.8, 4) is 11.1 Å². The number of esters is 2. The molecule has 42 heavy (non-hydrogen) atoms. The van der Waals surface area contributed by atoms with Gasteiger partial charge in [0.05, 0.1) is 18.8 Å². The molecule has 4 rings (SSSR count). The predicted octanol–water partition coefficient (Wildman–Crippen LogP) is 2.84. The van der Waals surface area contributed by atoms with Gasteiger partial charge in [0.2, 0.25) is 5.91 Å². The standard InChI is InChI=1S/C31H34N2O9/c1-4-15-38-29(36)28(18-40-30-27(32-19(2)34)14-13-21(42-30)16-39-20(3)35)33-31(37)41-17-26-24-11-7-5-9-22(24)23-10-6-8-12-25(23)26/h4-14,21,26-28,30H,1,15-18H2,2-3H3,(H,32,34)(H,33,37)/t21?,27-,28+,30+/m0/s1. The third-order valence-electron chi connectivity index (χ3n) is 6.65. The highest BCUT2D eigenvalue weighted by atomic mass is 16.7. The summed E-state index contributed by atoms with van der Waals surface area (Å²) < 4.78 is 27.4. The third kappa shape index (κ3) is 7.95. The van der Waals surface area contributed by atoms with Gasteiger partial charge in [-0.2, -0.15) is 0 Å². The van der Waals surface area contributed by atoms with Crippen LogP contribution in [-0.4, -0.2) is 74.8 Å². The van der Waals surface area contributed by atoms with Crippen molar-refractivity contribution in [2.45, 2.75) is 44.2 Å². The summed E-state index contributed by atoms with van der Waals surface area (Å²) in [6.07, 6.45) is 2.13. The molecule has 2 amide bonds. The normalized spacial score (nSPS) is 19.9. The zero-order valence-corrected chi connectivity index (χ0v) is 23.4. The van der Waals surface area contributed by atoms with Crippen LogP contribution in [0.15, 0.2) is 61.2 Å². The molecule has 2 N–H and O–H groups in total. The maximum absolute atomic E-state index is 12.9. The van der Waals surface area contributed by atoms with E-state index in [-0.39, 0.29) is 38.3 Å². The molecule has 0 aromatic heterocycles. The third-order valence-corrected chi connectivity index (χ3v) is 6.65. The van der Waals surface area contributed by atoms with Crippen molar-refractivity contribution in [2.24, 2.45) is 0 Å². The number of carbonyl (C=O) groups excluding carboxylic acids is 4. The van der Waals surface area contributed by atoms with E-state index in [0.29, 0.717) is 0 Å². The van der Waals surface area contributed by atoms with Crippen molar-refractivity contribution < 1.29 is 42.9 Å². The highest BCUT2D eigenvalue weighted by Crippen LogP contribution is 2.44. The zero-order chi connectivity index (χ0) is 30.1. The van der Waals surface area contributed by atoms with Crippen LogP contribution in [0.2, 0.25) is 0 Å². The van der Waals surface area contributed by atoms with Crippen LogP contribution >= 0.6 is 0 Å². The van der Waals surface area contributed by atoms with Gasteiger partial charge < -0.3 is 34.3 Å². The Morgan fingerprint density at radius 3 is 2.21 bits per heavy atom. The first-order valence-corrected chi connectivity index (χ1v) is 13.5. The van der Waals surface area contributed by atoms with Crippen molar-refractivity contribution >= 4 is 23.9 Å². The lowest BCUT2D eigenvalue weighted by Crippen LogP contribution is -2.53. The minimum Gasteiger partial charge on any atom is -0.463 e. The minimum absolute atomic E-state index is 0.0497. The first-order valence-electron chi connectivity index (χ1n) is 13.5. The van der Waals surface area contributed by atoms with E-state index in [1.165, 1.54) is 19.9 Å². The van der Waals surface area contributed by atoms with E-state index < -0.39 is 42.5 Å². The molecule has 0 spiro atoms. The van der Waals surface area contributed by atoms with E-state index in [4.69, 9.17) is 23.7 Å². The highest BCUT2D eigenvalue weighted by Gasteiger charge is 2.36. The van der Waals surface area contributed by atoms with Gasteiger partial charge in [0, 0.05) is 19.8 Å². The summed E-state index contributed by atoms with van der Waals surface area (Å²) in [6, 6.07) is 13.9. The minimum atomic E-state index is -1.26. The Balaban J connectivity index is 1.40. The Morgan fingerprint density at radius 2 is 1.60 bits per heavy atom. The predicted molar refractivity (Wildman–Crippen MR) is 151 cm³/mol. The van der Waals surface area contributed by atoms with E-state index >= 15 is 0 Å². The van der Waals surface area contributed by atoms with Gasteiger partial charge in [-0.3, -0.25) is 9.59 Å². The molecule has 1 unspecified atom stereocenters. The summed E-state index contributed by atoms with van der Waals surface area (Å²) in [7, 11) is 0. The molecule has 222 valence electrons. The Morgan fingerprint density at radius 1 is 0.929 bits per heavy atom. The molecule has 1 aliphatic carbocycles. The lowest BCUT2D eigenvalue weighted by molar-refractivity contribution is -0.200. The fourth-order valence-electron chi connectivity index (χ4n) is 4.81. The molecule has 2 aromatic carbocycles. The monoisotopic (exact) mass is 578 g/mol. The van der Waals surface area contributed by atoms with Gasteiger partial charge in [-0.1, -0.05) is 61.2 Å². The van der Waals surface area contributed by atoms with Crippen molar-refractivity contribution in [3.05, 3.63) is 85.2 Å². The Hall–Kier alpha value is -4.22. The second-order valence-electron chi connectivity index (χ2n) is 9.73. The van der Waals surface area contributed by atoms with Gasteiger partial charge in [-0.25, -0.2) is 9.59 Å². The second-order valence-corrected chi connectivity index (χ2v) is 9.73. The van der Waals surface area contributed by atoms with Crippen LogP contribution < -0.4 is 10.6 Å². The molecule has 11 nitrogen and oxygen atoms in total. The van der Waals surface area contributed by atoms with Crippen molar-refractivity contribution in [1.82, 2.24) is 10.6 Å². The number of nitrogens with one attached hydrogen (secondary N) is 2. The average molecular weight is 579 g/mol. The number of alkyl carbamates (subject to hydrolysis) is 1. The van der Waals surface area contributed by atoms with Crippen LogP contribution in [0.3, 0.4) is 0 Å². The molecule has 2 radical (unpaired) electrons. The quantitative estimate of drug-likeness (QED) is 0.221. The van der Waals surface area contributed by atoms with Crippen molar-refractivity contribution in [1.29, 1.82) is 0 Å². The van der Waals surface area contributed by atoms with E-state index in [1.54, 1.807) is 12.8 Å². The van der Waals surface area contributed by atoms with Gasteiger partial charge >= 0.3 is 18.0 Å². The summed E-state index contributed by atoms with van der Waals surface area (Å²) >= 11 is 0. The molecule has 4 atom stereocenters. The highest BCUT2D eigenvalue weighted by molar-refractivity contribution is 5.82. The molecule has 11 heteroatoms. The first kappa shape index (κ1) is 30.7. The molecule has 1 fully saturated rings. The van der Waals surface area contributed by atoms with Crippen LogP contribution in [0, 0.1) is 12.8 Å². The number of ether oxygens (including phenoxy) is 5. The van der Waals surface area contributed by atoms with E-state index in [1.807, 2.05) is 48.5 Å². The SMILES string of the molecule is C=CCOC(=O)[C@@H](CO[C@@H]1OC(COC(C)=O)[CH][CH][C@@H]1NC(C)=O)NC(=O)OCC1c2ccccc2-c2ccccc21. The summed E-state index contributed by atoms with van der Waals surface area (Å²) in [5, 5.41) is 5.21. The lowest BCUT2D eigenvalue weighted by Gasteiger charge is -2.36. The van der Waals surface area contributed by atoms with Gasteiger partial charge in [0.1, 0.15) is 19.8 Å². The van der Waals surface area contributed by atoms with Gasteiger partial charge in [0.15, 0.2) is 12.3 Å². The maximum Gasteiger partial charge on any atom is 0.407 e. The van der Waals surface area contributed by atoms with Crippen LogP contribution in [0.4, 0.5) is 4.79 Å². The Bertz CT molecular complexity index is 1250. The summed E-state index contributed by atoms with van der Waals surface area (Å²) in [5.41, 5.74) is 4.27. The number of fused-ring (bicyclic) bond motifs is 3. The molecule has 0 bridgehead atoms. The van der Waals surface area contributed by atoms with Crippen molar-refractivity contribution in [2.75, 3.05) is 26.4 Å². The smallest absolute Gasteiger partial charge is 0.407 e. The van der Waals surface area contributed by atoms with Gasteiger partial charge in [-0.15, -0.1) is 0 Å². The number of hydrogen-bond donors (Lipinski definition) is 2. The summed E-state index contributed by atoms with van der Waals surface area (Å²) in [4.78, 5) is 48.6. The topological polar surface area (TPSA) is 138 Å². The molecule has 1 saturated heterocycles. The van der Waals surface area contributed by atoms with Crippen LogP contribution in [0.1, 0.15) is 30.9 Å². The van der Waals surface area contributed by atoms with Crippen LogP contribution in [-0.2, 0) is 38.1 Å². The molecule has 2 aromatic rings. The number of benzene rings is 2. The first-order chi connectivity index (χ1) is 20.3. The van der Waals surface area contributed by atoms with Crippen LogP contribution in [0.25, 0.3) is 11.1 Å². The zero-order valence-electron chi connectivity index (χ0n) is 23.4. The Kier molecular flexibility index (Phi) is 10.7. The molecular formula is C31H34N2O9. The van der Waals surface area contributed by atoms with E-state index in [2.05, 4.69) is 17.2 Å². The van der Waals surface area contributed by atoms with Gasteiger partial charge in [-0.05, 0) is 35.1 Å². The number of amides is 2. The molecule has 0 saturated carbocycles. The number of carbonyl (C=O) groups is 4. The fourth-order valence-corrected chi connectivity index (χ4v) is 4.81. The number of hydrogen-bond acceptors (Lipinski definition) is 9. The molecule has 1 heterocycles. The van der Waals surface area contributed by atoms with Crippen LogP contribution in [0.5, 0.6) is 0 Å². The second kappa shape index (κ2) is 14.6. The lowest BCUT2D eigenvalue weighted by atomic mass is 9.98. The molecule has 2 aliphatic rings. The fraction of sp³-hybridized carbons (Fsp3) is 0.355. The maximum atomic E-state index is 12.9. The van der Waals surface area contributed by atoms with Gasteiger partial charge in [0.25, 0.3) is 0 Å².